The van der Waals surface area contributed by atoms with Gasteiger partial charge >= 0.3 is 0 Å². The quantitative estimate of drug-likeness (QED) is 0.516. The molecule has 1 saturated heterocycles. The van der Waals surface area contributed by atoms with Crippen molar-refractivity contribution in [1.82, 2.24) is 9.88 Å². The first-order valence-corrected chi connectivity index (χ1v) is 11.6. The molecule has 0 radical (unpaired) electrons. The van der Waals surface area contributed by atoms with Crippen molar-refractivity contribution in [3.05, 3.63) is 83.7 Å². The van der Waals surface area contributed by atoms with Crippen molar-refractivity contribution in [2.24, 2.45) is 0 Å². The van der Waals surface area contributed by atoms with E-state index in [2.05, 4.69) is 10.3 Å². The number of aromatic nitrogens is 1. The van der Waals surface area contributed by atoms with Crippen molar-refractivity contribution in [3.8, 4) is 11.5 Å². The van der Waals surface area contributed by atoms with E-state index in [9.17, 15) is 9.59 Å². The van der Waals surface area contributed by atoms with Crippen molar-refractivity contribution >= 4 is 17.5 Å². The lowest BCUT2D eigenvalue weighted by atomic mass is 10.1. The smallest absolute Gasteiger partial charge is 0.255 e. The number of likely N-dealkylation sites (tertiary alicyclic amines) is 1. The minimum atomic E-state index is -0.290. The summed E-state index contributed by atoms with van der Waals surface area (Å²) in [5, 5.41) is 2.89. The number of nitrogens with zero attached hydrogens (tertiary/aromatic N) is 2. The molecule has 1 fully saturated rings. The maximum atomic E-state index is 12.9. The molecule has 2 aromatic carbocycles. The highest BCUT2D eigenvalue weighted by atomic mass is 16.5. The third-order valence-electron chi connectivity index (χ3n) is 5.63. The van der Waals surface area contributed by atoms with Crippen LogP contribution in [0.1, 0.15) is 52.5 Å². The molecule has 1 aliphatic rings. The zero-order chi connectivity index (χ0) is 23.8. The van der Waals surface area contributed by atoms with Gasteiger partial charge in [0.25, 0.3) is 11.8 Å². The Morgan fingerprint density at radius 3 is 2.56 bits per heavy atom. The maximum absolute atomic E-state index is 12.9. The zero-order valence-corrected chi connectivity index (χ0v) is 19.3. The number of carbonyl (C=O) groups is 2. The highest BCUT2D eigenvalue weighted by Crippen LogP contribution is 2.30. The van der Waals surface area contributed by atoms with Gasteiger partial charge in [-0.25, -0.2) is 0 Å². The summed E-state index contributed by atoms with van der Waals surface area (Å²) < 4.78 is 11.6. The standard InChI is InChI=1S/C27H29N3O4/c1-2-33-25-17-21(11-12-24(25)34-19-20-8-7-13-28-18-20)26(31)29-23-10-6-9-22(16-23)27(32)30-14-4-3-5-15-30/h6-13,16-18H,2-5,14-15,19H2,1H3,(H,29,31). The van der Waals surface area contributed by atoms with Gasteiger partial charge in [0.1, 0.15) is 6.61 Å². The number of nitrogens with one attached hydrogen (secondary N) is 1. The molecule has 2 heterocycles. The minimum Gasteiger partial charge on any atom is -0.490 e. The molecule has 1 N–H and O–H groups in total. The predicted molar refractivity (Wildman–Crippen MR) is 130 cm³/mol. The fraction of sp³-hybridized carbons (Fsp3) is 0.296. The maximum Gasteiger partial charge on any atom is 0.255 e. The predicted octanol–water partition coefficient (Wildman–Crippen LogP) is 4.94. The molecule has 0 saturated carbocycles. The molecule has 3 aromatic rings. The Kier molecular flexibility index (Phi) is 7.75. The lowest BCUT2D eigenvalue weighted by Gasteiger charge is -2.26. The lowest BCUT2D eigenvalue weighted by molar-refractivity contribution is 0.0724. The van der Waals surface area contributed by atoms with Gasteiger partial charge in [0.2, 0.25) is 0 Å². The van der Waals surface area contributed by atoms with Gasteiger partial charge in [0.05, 0.1) is 6.61 Å². The summed E-state index contributed by atoms with van der Waals surface area (Å²) in [7, 11) is 0. The molecular weight excluding hydrogens is 430 g/mol. The van der Waals surface area contributed by atoms with Gasteiger partial charge in [-0.3, -0.25) is 14.6 Å². The van der Waals surface area contributed by atoms with Crippen LogP contribution in [0.5, 0.6) is 11.5 Å². The Hall–Kier alpha value is -3.87. The fourth-order valence-electron chi connectivity index (χ4n) is 3.89. The zero-order valence-electron chi connectivity index (χ0n) is 19.3. The first-order chi connectivity index (χ1) is 16.6. The molecule has 7 heteroatoms. The number of benzene rings is 2. The van der Waals surface area contributed by atoms with Gasteiger partial charge in [-0.05, 0) is 68.7 Å². The molecule has 0 atom stereocenters. The van der Waals surface area contributed by atoms with Gasteiger partial charge in [-0.15, -0.1) is 0 Å². The van der Waals surface area contributed by atoms with E-state index in [-0.39, 0.29) is 11.8 Å². The first-order valence-electron chi connectivity index (χ1n) is 11.6. The summed E-state index contributed by atoms with van der Waals surface area (Å²) in [6.07, 6.45) is 6.68. The van der Waals surface area contributed by atoms with Crippen molar-refractivity contribution in [3.63, 3.8) is 0 Å². The van der Waals surface area contributed by atoms with Crippen molar-refractivity contribution < 1.29 is 19.1 Å². The van der Waals surface area contributed by atoms with Gasteiger partial charge < -0.3 is 19.7 Å². The number of amides is 2. The number of anilines is 1. The highest BCUT2D eigenvalue weighted by Gasteiger charge is 2.19. The fourth-order valence-corrected chi connectivity index (χ4v) is 3.89. The summed E-state index contributed by atoms with van der Waals surface area (Å²) in [5.74, 6) is 0.760. The Labute approximate surface area is 199 Å². The van der Waals surface area contributed by atoms with E-state index in [1.165, 1.54) is 0 Å². The van der Waals surface area contributed by atoms with E-state index in [1.54, 1.807) is 54.9 Å². The summed E-state index contributed by atoms with van der Waals surface area (Å²) in [6, 6.07) is 15.9. The van der Waals surface area contributed by atoms with Crippen molar-refractivity contribution in [2.75, 3.05) is 25.0 Å². The molecule has 7 nitrogen and oxygen atoms in total. The highest BCUT2D eigenvalue weighted by molar-refractivity contribution is 6.05. The number of rotatable bonds is 8. The SMILES string of the molecule is CCOc1cc(C(=O)Nc2cccc(C(=O)N3CCCCC3)c2)ccc1OCc1cccnc1. The van der Waals surface area contributed by atoms with E-state index < -0.39 is 0 Å². The van der Waals surface area contributed by atoms with E-state index >= 15 is 0 Å². The number of pyridine rings is 1. The van der Waals surface area contributed by atoms with Crippen LogP contribution in [-0.4, -0.2) is 41.4 Å². The van der Waals surface area contributed by atoms with E-state index in [0.29, 0.717) is 41.5 Å². The summed E-state index contributed by atoms with van der Waals surface area (Å²) in [4.78, 5) is 31.7. The number of hydrogen-bond acceptors (Lipinski definition) is 5. The molecule has 176 valence electrons. The third-order valence-corrected chi connectivity index (χ3v) is 5.63. The Bertz CT molecular complexity index is 1130. The number of piperidine rings is 1. The molecule has 1 aliphatic heterocycles. The van der Waals surface area contributed by atoms with Crippen LogP contribution in [0.25, 0.3) is 0 Å². The lowest BCUT2D eigenvalue weighted by Crippen LogP contribution is -2.35. The average Bonchev–Trinajstić information content (AvgIpc) is 2.89. The minimum absolute atomic E-state index is 0.00421. The Morgan fingerprint density at radius 1 is 0.941 bits per heavy atom. The van der Waals surface area contributed by atoms with Gasteiger partial charge in [-0.1, -0.05) is 12.1 Å². The third kappa shape index (κ3) is 5.92. The van der Waals surface area contributed by atoms with Crippen LogP contribution >= 0.6 is 0 Å². The molecule has 1 aromatic heterocycles. The second-order valence-electron chi connectivity index (χ2n) is 8.13. The molecule has 2 amide bonds. The molecule has 0 unspecified atom stereocenters. The van der Waals surface area contributed by atoms with E-state index in [4.69, 9.17) is 9.47 Å². The van der Waals surface area contributed by atoms with Crippen LogP contribution in [0.3, 0.4) is 0 Å². The molecule has 34 heavy (non-hydrogen) atoms. The number of hydrogen-bond donors (Lipinski definition) is 1. The Morgan fingerprint density at radius 2 is 1.79 bits per heavy atom. The number of carbonyl (C=O) groups excluding carboxylic acids is 2. The van der Waals surface area contributed by atoms with Crippen LogP contribution in [0.2, 0.25) is 0 Å². The molecule has 0 aliphatic carbocycles. The van der Waals surface area contributed by atoms with E-state index in [0.717, 1.165) is 37.9 Å². The summed E-state index contributed by atoms with van der Waals surface area (Å²) in [5.41, 5.74) is 2.52. The summed E-state index contributed by atoms with van der Waals surface area (Å²) in [6.45, 7) is 4.23. The van der Waals surface area contributed by atoms with Crippen LogP contribution in [0, 0.1) is 0 Å². The molecule has 0 spiro atoms. The first kappa shape index (κ1) is 23.3. The van der Waals surface area contributed by atoms with Crippen LogP contribution in [0.4, 0.5) is 5.69 Å². The molecule has 4 rings (SSSR count). The summed E-state index contributed by atoms with van der Waals surface area (Å²) >= 11 is 0. The van der Waals surface area contributed by atoms with Crippen molar-refractivity contribution in [1.29, 1.82) is 0 Å². The second kappa shape index (κ2) is 11.3. The molecule has 0 bridgehead atoms. The van der Waals surface area contributed by atoms with Crippen LogP contribution in [-0.2, 0) is 6.61 Å². The molecular formula is C27H29N3O4. The topological polar surface area (TPSA) is 80.8 Å². The van der Waals surface area contributed by atoms with E-state index in [1.807, 2.05) is 24.0 Å². The Balaban J connectivity index is 1.45. The van der Waals surface area contributed by atoms with Crippen molar-refractivity contribution in [2.45, 2.75) is 32.8 Å². The van der Waals surface area contributed by atoms with Gasteiger partial charge in [-0.2, -0.15) is 0 Å². The monoisotopic (exact) mass is 459 g/mol. The second-order valence-corrected chi connectivity index (χ2v) is 8.13. The van der Waals surface area contributed by atoms with Crippen LogP contribution in [0.15, 0.2) is 67.0 Å². The largest absolute Gasteiger partial charge is 0.490 e. The van der Waals surface area contributed by atoms with Gasteiger partial charge in [0, 0.05) is 47.9 Å². The normalized spacial score (nSPS) is 13.3. The van der Waals surface area contributed by atoms with Crippen LogP contribution < -0.4 is 14.8 Å². The van der Waals surface area contributed by atoms with Gasteiger partial charge in [0.15, 0.2) is 11.5 Å². The average molecular weight is 460 g/mol. The number of ether oxygens (including phenoxy) is 2.